The molecule has 1 N–H and O–H groups in total. The highest BCUT2D eigenvalue weighted by atomic mass is 35.5. The van der Waals surface area contributed by atoms with Crippen LogP contribution < -0.4 is 0 Å². The molecular weight excluding hydrogens is 274 g/mol. The van der Waals surface area contributed by atoms with E-state index in [1.54, 1.807) is 6.20 Å². The number of pyridine rings is 1. The molecule has 5 heteroatoms. The highest BCUT2D eigenvalue weighted by Crippen LogP contribution is 2.27. The molecule has 2 heterocycles. The molecule has 0 radical (unpaired) electrons. The first kappa shape index (κ1) is 15.0. The molecule has 108 valence electrons. The van der Waals surface area contributed by atoms with Gasteiger partial charge in [0.15, 0.2) is 0 Å². The van der Waals surface area contributed by atoms with Crippen LogP contribution in [0.1, 0.15) is 42.6 Å². The predicted molar refractivity (Wildman–Crippen MR) is 79.9 cm³/mol. The summed E-state index contributed by atoms with van der Waals surface area (Å²) in [5, 5.41) is 15.6. The summed E-state index contributed by atoms with van der Waals surface area (Å²) in [6, 6.07) is 3.81. The maximum atomic E-state index is 10.4. The molecule has 0 aliphatic carbocycles. The van der Waals surface area contributed by atoms with Crippen molar-refractivity contribution in [3.8, 4) is 0 Å². The van der Waals surface area contributed by atoms with E-state index in [1.165, 1.54) is 0 Å². The lowest BCUT2D eigenvalue weighted by Gasteiger charge is -2.13. The lowest BCUT2D eigenvalue weighted by Crippen LogP contribution is -2.11. The summed E-state index contributed by atoms with van der Waals surface area (Å²) < 4.78 is 1.86. The molecule has 2 aromatic heterocycles. The maximum absolute atomic E-state index is 10.4. The topological polar surface area (TPSA) is 50.9 Å². The van der Waals surface area contributed by atoms with Crippen molar-refractivity contribution in [3.63, 3.8) is 0 Å². The third-order valence-corrected chi connectivity index (χ3v) is 3.88. The average Bonchev–Trinajstić information content (AvgIpc) is 2.75. The van der Waals surface area contributed by atoms with Gasteiger partial charge in [0.1, 0.15) is 6.10 Å². The van der Waals surface area contributed by atoms with Gasteiger partial charge in [0, 0.05) is 19.2 Å². The molecular formula is C15H20ClN3O. The predicted octanol–water partition coefficient (Wildman–Crippen LogP) is 3.10. The minimum Gasteiger partial charge on any atom is -0.386 e. The number of hydrogen-bond acceptors (Lipinski definition) is 3. The normalized spacial score (nSPS) is 12.7. The zero-order chi connectivity index (χ0) is 14.7. The average molecular weight is 294 g/mol. The van der Waals surface area contributed by atoms with Gasteiger partial charge in [-0.3, -0.25) is 9.67 Å². The van der Waals surface area contributed by atoms with Crippen molar-refractivity contribution in [3.05, 3.63) is 46.0 Å². The molecule has 2 aromatic rings. The molecule has 2 rings (SSSR count). The van der Waals surface area contributed by atoms with Crippen molar-refractivity contribution in [2.75, 3.05) is 0 Å². The summed E-state index contributed by atoms with van der Waals surface area (Å²) in [7, 11) is 0. The molecule has 0 fully saturated rings. The molecule has 1 unspecified atom stereocenters. The minimum absolute atomic E-state index is 0.428. The lowest BCUT2D eigenvalue weighted by molar-refractivity contribution is 0.170. The Labute approximate surface area is 124 Å². The van der Waals surface area contributed by atoms with Crippen molar-refractivity contribution in [1.29, 1.82) is 0 Å². The number of aliphatic hydroxyl groups is 1. The van der Waals surface area contributed by atoms with Gasteiger partial charge in [0.2, 0.25) is 0 Å². The second-order valence-corrected chi connectivity index (χ2v) is 5.18. The monoisotopic (exact) mass is 293 g/mol. The number of nitrogens with zero attached hydrogens (tertiary/aromatic N) is 3. The Kier molecular flexibility index (Phi) is 4.78. The number of aromatic nitrogens is 3. The first-order valence-electron chi connectivity index (χ1n) is 6.92. The van der Waals surface area contributed by atoms with E-state index in [0.717, 1.165) is 29.9 Å². The molecule has 4 nitrogen and oxygen atoms in total. The van der Waals surface area contributed by atoms with Crippen LogP contribution in [-0.2, 0) is 19.4 Å². The van der Waals surface area contributed by atoms with Crippen molar-refractivity contribution in [1.82, 2.24) is 14.8 Å². The van der Waals surface area contributed by atoms with Gasteiger partial charge in [-0.05, 0) is 31.9 Å². The van der Waals surface area contributed by atoms with Crippen LogP contribution in [0.5, 0.6) is 0 Å². The Morgan fingerprint density at radius 1 is 1.40 bits per heavy atom. The number of halogens is 1. The molecule has 0 bridgehead atoms. The third kappa shape index (κ3) is 2.86. The standard InChI is InChI=1S/C15H20ClN3O/c1-4-11-14(16)12(19(5-2)18-11)9-13(20)15-10(3)7-6-8-17-15/h6-8,13,20H,4-5,9H2,1-3H3. The molecule has 0 amide bonds. The Bertz CT molecular complexity index is 595. The fourth-order valence-corrected chi connectivity index (χ4v) is 2.68. The van der Waals surface area contributed by atoms with Crippen molar-refractivity contribution >= 4 is 11.6 Å². The van der Waals surface area contributed by atoms with Gasteiger partial charge >= 0.3 is 0 Å². The van der Waals surface area contributed by atoms with Crippen LogP contribution in [0, 0.1) is 6.92 Å². The van der Waals surface area contributed by atoms with Gasteiger partial charge in [-0.1, -0.05) is 24.6 Å². The summed E-state index contributed by atoms with van der Waals surface area (Å²) in [6.45, 7) is 6.73. The minimum atomic E-state index is -0.666. The van der Waals surface area contributed by atoms with Crippen LogP contribution in [0.15, 0.2) is 18.3 Å². The summed E-state index contributed by atoms with van der Waals surface area (Å²) in [4.78, 5) is 4.26. The SMILES string of the molecule is CCc1nn(CC)c(CC(O)c2ncccc2C)c1Cl. The van der Waals surface area contributed by atoms with E-state index in [1.807, 2.05) is 37.6 Å². The van der Waals surface area contributed by atoms with Crippen LogP contribution >= 0.6 is 11.6 Å². The van der Waals surface area contributed by atoms with Crippen molar-refractivity contribution < 1.29 is 5.11 Å². The van der Waals surface area contributed by atoms with Gasteiger partial charge in [-0.25, -0.2) is 0 Å². The summed E-state index contributed by atoms with van der Waals surface area (Å²) in [5.74, 6) is 0. The van der Waals surface area contributed by atoms with E-state index in [9.17, 15) is 5.11 Å². The third-order valence-electron chi connectivity index (χ3n) is 3.45. The summed E-state index contributed by atoms with van der Waals surface area (Å²) in [5.41, 5.74) is 3.44. The molecule has 0 aliphatic heterocycles. The largest absolute Gasteiger partial charge is 0.386 e. The molecule has 0 aromatic carbocycles. The summed E-state index contributed by atoms with van der Waals surface area (Å²) >= 11 is 6.36. The fourth-order valence-electron chi connectivity index (χ4n) is 2.34. The number of hydrogen-bond donors (Lipinski definition) is 1. The van der Waals surface area contributed by atoms with Crippen molar-refractivity contribution in [2.24, 2.45) is 0 Å². The molecule has 1 atom stereocenters. The van der Waals surface area contributed by atoms with Crippen LogP contribution in [0.2, 0.25) is 5.02 Å². The number of aliphatic hydroxyl groups excluding tert-OH is 1. The van der Waals surface area contributed by atoms with Gasteiger partial charge in [0.25, 0.3) is 0 Å². The van der Waals surface area contributed by atoms with E-state index in [2.05, 4.69) is 10.1 Å². The van der Waals surface area contributed by atoms with Crippen LogP contribution in [0.25, 0.3) is 0 Å². The highest BCUT2D eigenvalue weighted by Gasteiger charge is 2.20. The van der Waals surface area contributed by atoms with E-state index in [0.29, 0.717) is 17.1 Å². The second kappa shape index (κ2) is 6.37. The van der Waals surface area contributed by atoms with E-state index < -0.39 is 6.10 Å². The van der Waals surface area contributed by atoms with Crippen LogP contribution in [0.4, 0.5) is 0 Å². The van der Waals surface area contributed by atoms with Crippen LogP contribution in [0.3, 0.4) is 0 Å². The first-order valence-corrected chi connectivity index (χ1v) is 7.29. The van der Waals surface area contributed by atoms with Gasteiger partial charge in [-0.2, -0.15) is 5.10 Å². The van der Waals surface area contributed by atoms with Gasteiger partial charge in [0.05, 0.1) is 22.1 Å². The van der Waals surface area contributed by atoms with E-state index in [-0.39, 0.29) is 0 Å². The van der Waals surface area contributed by atoms with E-state index in [4.69, 9.17) is 11.6 Å². The number of aryl methyl sites for hydroxylation is 3. The Morgan fingerprint density at radius 3 is 2.75 bits per heavy atom. The number of rotatable bonds is 5. The fraction of sp³-hybridized carbons (Fsp3) is 0.467. The highest BCUT2D eigenvalue weighted by molar-refractivity contribution is 6.31. The molecule has 0 aliphatic rings. The molecule has 0 saturated carbocycles. The first-order chi connectivity index (χ1) is 9.58. The maximum Gasteiger partial charge on any atom is 0.102 e. The Hall–Kier alpha value is -1.39. The van der Waals surface area contributed by atoms with Gasteiger partial charge in [-0.15, -0.1) is 0 Å². The smallest absolute Gasteiger partial charge is 0.102 e. The van der Waals surface area contributed by atoms with Crippen molar-refractivity contribution in [2.45, 2.75) is 46.3 Å². The molecule has 0 spiro atoms. The quantitative estimate of drug-likeness (QED) is 0.921. The Balaban J connectivity index is 2.30. The zero-order valence-corrected chi connectivity index (χ0v) is 12.9. The van der Waals surface area contributed by atoms with Gasteiger partial charge < -0.3 is 5.11 Å². The summed E-state index contributed by atoms with van der Waals surface area (Å²) in [6.07, 6.45) is 2.25. The molecule has 0 saturated heterocycles. The second-order valence-electron chi connectivity index (χ2n) is 4.80. The molecule has 20 heavy (non-hydrogen) atoms. The van der Waals surface area contributed by atoms with Crippen LogP contribution in [-0.4, -0.2) is 19.9 Å². The Morgan fingerprint density at radius 2 is 2.15 bits per heavy atom. The van der Waals surface area contributed by atoms with E-state index >= 15 is 0 Å². The lowest BCUT2D eigenvalue weighted by atomic mass is 10.1. The zero-order valence-electron chi connectivity index (χ0n) is 12.1.